The molecule has 0 aliphatic rings. The maximum Gasteiger partial charge on any atom is 0.306 e. The Labute approximate surface area is 115 Å². The Hall–Kier alpha value is -1.51. The average Bonchev–Trinajstić information content (AvgIpc) is 2.40. The fraction of sp³-hybridized carbons (Fsp3) is 0.562. The normalized spacial score (nSPS) is 13.8. The number of unbranched alkanes of at least 4 members (excludes halogenated alkanes) is 1. The summed E-state index contributed by atoms with van der Waals surface area (Å²) < 4.78 is 5.67. The summed E-state index contributed by atoms with van der Waals surface area (Å²) >= 11 is 0. The van der Waals surface area contributed by atoms with E-state index in [9.17, 15) is 4.79 Å². The van der Waals surface area contributed by atoms with Gasteiger partial charge in [-0.1, -0.05) is 39.3 Å². The Morgan fingerprint density at radius 2 is 2.11 bits per heavy atom. The zero-order valence-corrected chi connectivity index (χ0v) is 12.1. The molecule has 19 heavy (non-hydrogen) atoms. The fourth-order valence-corrected chi connectivity index (χ4v) is 2.22. The molecule has 0 aliphatic heterocycles. The molecule has 0 heterocycles. The van der Waals surface area contributed by atoms with Crippen molar-refractivity contribution in [2.24, 2.45) is 5.92 Å². The molecule has 1 aromatic rings. The van der Waals surface area contributed by atoms with Crippen LogP contribution in [0, 0.1) is 5.92 Å². The monoisotopic (exact) mass is 264 g/mol. The molecule has 0 saturated carbocycles. The maximum absolute atomic E-state index is 11.1. The van der Waals surface area contributed by atoms with Crippen molar-refractivity contribution in [2.75, 3.05) is 6.61 Å². The summed E-state index contributed by atoms with van der Waals surface area (Å²) in [6.07, 6.45) is 2.95. The predicted molar refractivity (Wildman–Crippen MR) is 76.7 cm³/mol. The molecule has 0 fully saturated rings. The van der Waals surface area contributed by atoms with Gasteiger partial charge in [-0.2, -0.15) is 0 Å². The topological polar surface area (TPSA) is 46.5 Å². The van der Waals surface area contributed by atoms with Crippen LogP contribution in [0.4, 0.5) is 0 Å². The second-order valence-corrected chi connectivity index (χ2v) is 4.92. The zero-order chi connectivity index (χ0) is 14.3. The largest absolute Gasteiger partial charge is 0.494 e. The van der Waals surface area contributed by atoms with Crippen LogP contribution in [0.25, 0.3) is 0 Å². The molecule has 1 rings (SSSR count). The van der Waals surface area contributed by atoms with E-state index in [1.165, 1.54) is 0 Å². The highest BCUT2D eigenvalue weighted by Gasteiger charge is 2.23. The van der Waals surface area contributed by atoms with Gasteiger partial charge in [0.2, 0.25) is 0 Å². The van der Waals surface area contributed by atoms with Crippen LogP contribution in [-0.4, -0.2) is 17.7 Å². The van der Waals surface area contributed by atoms with Gasteiger partial charge in [0.25, 0.3) is 0 Å². The quantitative estimate of drug-likeness (QED) is 0.720. The minimum Gasteiger partial charge on any atom is -0.494 e. The summed E-state index contributed by atoms with van der Waals surface area (Å²) in [5, 5.41) is 9.16. The first kappa shape index (κ1) is 15.5. The van der Waals surface area contributed by atoms with E-state index in [2.05, 4.69) is 6.92 Å². The van der Waals surface area contributed by atoms with E-state index in [4.69, 9.17) is 9.84 Å². The first-order chi connectivity index (χ1) is 9.10. The number of hydrogen-bond donors (Lipinski definition) is 1. The van der Waals surface area contributed by atoms with Crippen molar-refractivity contribution in [3.63, 3.8) is 0 Å². The van der Waals surface area contributed by atoms with Crippen molar-refractivity contribution < 1.29 is 14.6 Å². The van der Waals surface area contributed by atoms with Gasteiger partial charge in [-0.05, 0) is 36.5 Å². The molecule has 1 N–H and O–H groups in total. The number of carboxylic acids is 1. The Bertz CT molecular complexity index is 401. The number of ether oxygens (including phenoxy) is 1. The standard InChI is InChI=1S/C16H24O3/c1-4-6-10-19-14-9-7-8-13(11-14)15(5-2)12(3)16(17)18/h7-9,11-12,15H,4-6,10H2,1-3H3,(H,17,18)/t12-,15+/m0/s1. The number of benzene rings is 1. The first-order valence-electron chi connectivity index (χ1n) is 7.05. The Morgan fingerprint density at radius 1 is 1.37 bits per heavy atom. The van der Waals surface area contributed by atoms with Crippen molar-refractivity contribution in [2.45, 2.75) is 46.0 Å². The van der Waals surface area contributed by atoms with Gasteiger partial charge in [-0.3, -0.25) is 4.79 Å². The van der Waals surface area contributed by atoms with Gasteiger partial charge in [0.1, 0.15) is 5.75 Å². The molecule has 0 bridgehead atoms. The summed E-state index contributed by atoms with van der Waals surface area (Å²) in [7, 11) is 0. The highest BCUT2D eigenvalue weighted by molar-refractivity contribution is 5.71. The third-order valence-electron chi connectivity index (χ3n) is 3.49. The summed E-state index contributed by atoms with van der Waals surface area (Å²) in [5.74, 6) is -0.255. The molecular weight excluding hydrogens is 240 g/mol. The van der Waals surface area contributed by atoms with E-state index in [1.54, 1.807) is 6.92 Å². The third-order valence-corrected chi connectivity index (χ3v) is 3.49. The van der Waals surface area contributed by atoms with E-state index in [-0.39, 0.29) is 11.8 Å². The zero-order valence-electron chi connectivity index (χ0n) is 12.1. The molecule has 0 aliphatic carbocycles. The summed E-state index contributed by atoms with van der Waals surface area (Å²) in [4.78, 5) is 11.1. The van der Waals surface area contributed by atoms with Crippen LogP contribution in [0.5, 0.6) is 5.75 Å². The van der Waals surface area contributed by atoms with Gasteiger partial charge in [0, 0.05) is 0 Å². The van der Waals surface area contributed by atoms with Crippen LogP contribution in [0.1, 0.15) is 51.5 Å². The molecule has 0 amide bonds. The lowest BCUT2D eigenvalue weighted by molar-refractivity contribution is -0.141. The molecule has 0 saturated heterocycles. The minimum atomic E-state index is -0.746. The van der Waals surface area contributed by atoms with E-state index >= 15 is 0 Å². The van der Waals surface area contributed by atoms with E-state index in [0.717, 1.165) is 30.6 Å². The number of rotatable bonds is 8. The summed E-state index contributed by atoms with van der Waals surface area (Å²) in [6.45, 7) is 6.63. The molecule has 0 aromatic heterocycles. The van der Waals surface area contributed by atoms with Gasteiger partial charge in [0.05, 0.1) is 12.5 Å². The highest BCUT2D eigenvalue weighted by atomic mass is 16.5. The van der Waals surface area contributed by atoms with Crippen LogP contribution < -0.4 is 4.74 Å². The van der Waals surface area contributed by atoms with Crippen LogP contribution in [0.2, 0.25) is 0 Å². The molecule has 0 radical (unpaired) electrons. The highest BCUT2D eigenvalue weighted by Crippen LogP contribution is 2.30. The first-order valence-corrected chi connectivity index (χ1v) is 7.05. The van der Waals surface area contributed by atoms with Gasteiger partial charge < -0.3 is 9.84 Å². The van der Waals surface area contributed by atoms with Crippen molar-refractivity contribution in [3.05, 3.63) is 29.8 Å². The van der Waals surface area contributed by atoms with Crippen LogP contribution >= 0.6 is 0 Å². The molecule has 3 nitrogen and oxygen atoms in total. The van der Waals surface area contributed by atoms with E-state index < -0.39 is 5.97 Å². The van der Waals surface area contributed by atoms with Crippen molar-refractivity contribution >= 4 is 5.97 Å². The van der Waals surface area contributed by atoms with E-state index in [1.807, 2.05) is 31.2 Å². The number of carboxylic acid groups (broad SMARTS) is 1. The number of aliphatic carboxylic acids is 1. The van der Waals surface area contributed by atoms with Crippen molar-refractivity contribution in [1.29, 1.82) is 0 Å². The molecule has 1 aromatic carbocycles. The number of carbonyl (C=O) groups is 1. The lowest BCUT2D eigenvalue weighted by Gasteiger charge is -2.20. The molecule has 106 valence electrons. The SMILES string of the molecule is CCCCOc1cccc([C@H](CC)[C@H](C)C(=O)O)c1. The lowest BCUT2D eigenvalue weighted by atomic mass is 9.85. The maximum atomic E-state index is 11.1. The van der Waals surface area contributed by atoms with Crippen LogP contribution in [0.15, 0.2) is 24.3 Å². The Balaban J connectivity index is 2.81. The Kier molecular flexibility index (Phi) is 6.40. The van der Waals surface area contributed by atoms with Crippen molar-refractivity contribution in [1.82, 2.24) is 0 Å². The van der Waals surface area contributed by atoms with Gasteiger partial charge in [0.15, 0.2) is 0 Å². The molecule has 0 spiro atoms. The Morgan fingerprint density at radius 3 is 2.68 bits per heavy atom. The third kappa shape index (κ3) is 4.58. The second kappa shape index (κ2) is 7.82. The minimum absolute atomic E-state index is 0.0345. The van der Waals surface area contributed by atoms with Gasteiger partial charge >= 0.3 is 5.97 Å². The number of hydrogen-bond acceptors (Lipinski definition) is 2. The predicted octanol–water partition coefficient (Wildman–Crippen LogP) is 4.08. The van der Waals surface area contributed by atoms with Crippen LogP contribution in [0.3, 0.4) is 0 Å². The smallest absolute Gasteiger partial charge is 0.306 e. The van der Waals surface area contributed by atoms with Gasteiger partial charge in [-0.25, -0.2) is 0 Å². The average molecular weight is 264 g/mol. The fourth-order valence-electron chi connectivity index (χ4n) is 2.22. The lowest BCUT2D eigenvalue weighted by Crippen LogP contribution is -2.18. The molecule has 0 unspecified atom stereocenters. The summed E-state index contributed by atoms with van der Waals surface area (Å²) in [5.41, 5.74) is 1.05. The molecule has 2 atom stereocenters. The van der Waals surface area contributed by atoms with Crippen molar-refractivity contribution in [3.8, 4) is 5.75 Å². The van der Waals surface area contributed by atoms with Crippen LogP contribution in [-0.2, 0) is 4.79 Å². The molecule has 3 heteroatoms. The summed E-state index contributed by atoms with van der Waals surface area (Å²) in [6, 6.07) is 7.83. The van der Waals surface area contributed by atoms with E-state index in [0.29, 0.717) is 6.61 Å². The van der Waals surface area contributed by atoms with Gasteiger partial charge in [-0.15, -0.1) is 0 Å². The second-order valence-electron chi connectivity index (χ2n) is 4.92. The molecular formula is C16H24O3.